The zero-order chi connectivity index (χ0) is 18.8. The monoisotopic (exact) mass is 358 g/mol. The summed E-state index contributed by atoms with van der Waals surface area (Å²) in [5.41, 5.74) is 1.02. The number of hydrogen-bond acceptors (Lipinski definition) is 7. The van der Waals surface area contributed by atoms with E-state index in [1.165, 1.54) is 22.9 Å². The van der Waals surface area contributed by atoms with Crippen LogP contribution in [0.25, 0.3) is 10.9 Å². The van der Waals surface area contributed by atoms with Crippen molar-refractivity contribution in [3.63, 3.8) is 0 Å². The van der Waals surface area contributed by atoms with Crippen molar-refractivity contribution >= 4 is 28.5 Å². The van der Waals surface area contributed by atoms with E-state index in [0.717, 1.165) is 0 Å². The molecular weight excluding hydrogens is 340 g/mol. The van der Waals surface area contributed by atoms with E-state index in [0.29, 0.717) is 16.6 Å². The third-order valence-electron chi connectivity index (χ3n) is 4.14. The molecule has 0 aliphatic carbocycles. The molecule has 2 aromatic rings. The van der Waals surface area contributed by atoms with Crippen molar-refractivity contribution in [2.24, 2.45) is 7.05 Å². The van der Waals surface area contributed by atoms with Crippen LogP contribution in [-0.2, 0) is 21.4 Å². The maximum atomic E-state index is 12.5. The van der Waals surface area contributed by atoms with E-state index in [2.05, 4.69) is 10.3 Å². The van der Waals surface area contributed by atoms with Gasteiger partial charge >= 0.3 is 5.97 Å². The van der Waals surface area contributed by atoms with E-state index >= 15 is 0 Å². The van der Waals surface area contributed by atoms with Gasteiger partial charge in [-0.1, -0.05) is 0 Å². The minimum Gasteiger partial charge on any atom is -0.466 e. The topological polar surface area (TPSA) is 114 Å². The molecule has 9 heteroatoms. The summed E-state index contributed by atoms with van der Waals surface area (Å²) >= 11 is 0. The van der Waals surface area contributed by atoms with Gasteiger partial charge < -0.3 is 24.6 Å². The average Bonchev–Trinajstić information content (AvgIpc) is 2.94. The van der Waals surface area contributed by atoms with Gasteiger partial charge in [-0.3, -0.25) is 9.59 Å². The van der Waals surface area contributed by atoms with Crippen LogP contribution in [0, 0.1) is 0 Å². The number of rotatable bonds is 5. The first-order valence-corrected chi connectivity index (χ1v) is 7.90. The molecule has 3 rings (SSSR count). The standard InChI is InChI=1S/C17H18N4O5/c1-20-9-18-13-4-3-10(7-11(13)15(20)23)19-14-12(17(25)26-2)8-21(5-6-22)16(14)24/h3-4,7,9,19,22H,5-6,8H2,1-2H3. The number of nitrogens with zero attached hydrogens (tertiary/aromatic N) is 3. The number of fused-ring (bicyclic) bond motifs is 1. The van der Waals surface area contributed by atoms with Crippen molar-refractivity contribution < 1.29 is 19.4 Å². The van der Waals surface area contributed by atoms with Crippen LogP contribution in [0.15, 0.2) is 40.6 Å². The Kier molecular flexibility index (Phi) is 4.72. The zero-order valence-electron chi connectivity index (χ0n) is 14.4. The number of esters is 1. The molecule has 136 valence electrons. The van der Waals surface area contributed by atoms with Crippen molar-refractivity contribution in [1.82, 2.24) is 14.5 Å². The van der Waals surface area contributed by atoms with Gasteiger partial charge in [0.25, 0.3) is 11.5 Å². The molecule has 1 aromatic heterocycles. The number of nitrogens with one attached hydrogen (secondary N) is 1. The molecule has 0 saturated heterocycles. The SMILES string of the molecule is COC(=O)C1=C(Nc2ccc3ncn(C)c(=O)c3c2)C(=O)N(CCO)C1. The minimum atomic E-state index is -0.625. The number of carbonyl (C=O) groups excluding carboxylic acids is 2. The Labute approximate surface area is 148 Å². The fourth-order valence-electron chi connectivity index (χ4n) is 2.78. The highest BCUT2D eigenvalue weighted by Crippen LogP contribution is 2.23. The van der Waals surface area contributed by atoms with Gasteiger partial charge in [-0.15, -0.1) is 0 Å². The van der Waals surface area contributed by atoms with Crippen LogP contribution >= 0.6 is 0 Å². The Hall–Kier alpha value is -3.20. The Morgan fingerprint density at radius 1 is 1.38 bits per heavy atom. The van der Waals surface area contributed by atoms with Gasteiger partial charge in [0.05, 0.1) is 43.1 Å². The Bertz CT molecular complexity index is 979. The van der Waals surface area contributed by atoms with E-state index in [4.69, 9.17) is 9.84 Å². The van der Waals surface area contributed by atoms with Crippen LogP contribution in [0.2, 0.25) is 0 Å². The summed E-state index contributed by atoms with van der Waals surface area (Å²) in [6.07, 6.45) is 1.43. The molecule has 0 saturated carbocycles. The number of aryl methyl sites for hydroxylation is 1. The number of amides is 1. The lowest BCUT2D eigenvalue weighted by Gasteiger charge is -2.15. The molecule has 0 bridgehead atoms. The van der Waals surface area contributed by atoms with Crippen LogP contribution in [0.4, 0.5) is 5.69 Å². The first kappa shape index (κ1) is 17.6. The highest BCUT2D eigenvalue weighted by Gasteiger charge is 2.34. The number of hydrogen-bond donors (Lipinski definition) is 2. The van der Waals surface area contributed by atoms with E-state index in [9.17, 15) is 14.4 Å². The number of carbonyl (C=O) groups is 2. The summed E-state index contributed by atoms with van der Waals surface area (Å²) < 4.78 is 6.10. The minimum absolute atomic E-state index is 0.0469. The number of methoxy groups -OCH3 is 1. The molecule has 0 atom stereocenters. The van der Waals surface area contributed by atoms with Crippen LogP contribution in [-0.4, -0.2) is 58.2 Å². The van der Waals surface area contributed by atoms with Gasteiger partial charge in [0.15, 0.2) is 0 Å². The molecule has 2 N–H and O–H groups in total. The third-order valence-corrected chi connectivity index (χ3v) is 4.14. The van der Waals surface area contributed by atoms with Gasteiger partial charge in [-0.05, 0) is 18.2 Å². The van der Waals surface area contributed by atoms with E-state index < -0.39 is 11.9 Å². The molecule has 1 aromatic carbocycles. The van der Waals surface area contributed by atoms with Gasteiger partial charge in [-0.2, -0.15) is 0 Å². The maximum Gasteiger partial charge on any atom is 0.337 e. The lowest BCUT2D eigenvalue weighted by Crippen LogP contribution is -2.31. The van der Waals surface area contributed by atoms with E-state index in [1.54, 1.807) is 25.2 Å². The summed E-state index contributed by atoms with van der Waals surface area (Å²) in [6.45, 7) is -0.0663. The fourth-order valence-corrected chi connectivity index (χ4v) is 2.78. The lowest BCUT2D eigenvalue weighted by atomic mass is 10.2. The molecule has 1 amide bonds. The second-order valence-corrected chi connectivity index (χ2v) is 5.81. The van der Waals surface area contributed by atoms with Gasteiger partial charge in [0.2, 0.25) is 0 Å². The van der Waals surface area contributed by atoms with E-state index in [1.807, 2.05) is 0 Å². The number of aliphatic hydroxyl groups excluding tert-OH is 1. The molecule has 0 spiro atoms. The summed E-state index contributed by atoms with van der Waals surface area (Å²) in [5, 5.41) is 12.4. The van der Waals surface area contributed by atoms with Crippen LogP contribution < -0.4 is 10.9 Å². The molecule has 0 radical (unpaired) electrons. The number of β-amino-alcohol motifs (C(OH)–C–C–N with tert-alkyl or cyclic N) is 1. The summed E-state index contributed by atoms with van der Waals surface area (Å²) in [4.78, 5) is 42.3. The van der Waals surface area contributed by atoms with Crippen LogP contribution in [0.1, 0.15) is 0 Å². The Morgan fingerprint density at radius 2 is 2.15 bits per heavy atom. The number of aromatic nitrogens is 2. The maximum absolute atomic E-state index is 12.5. The molecule has 1 aliphatic heterocycles. The second kappa shape index (κ2) is 6.96. The number of anilines is 1. The second-order valence-electron chi connectivity index (χ2n) is 5.81. The molecule has 9 nitrogen and oxygen atoms in total. The highest BCUT2D eigenvalue weighted by atomic mass is 16.5. The largest absolute Gasteiger partial charge is 0.466 e. The predicted molar refractivity (Wildman–Crippen MR) is 93.3 cm³/mol. The van der Waals surface area contributed by atoms with Gasteiger partial charge in [-0.25, -0.2) is 9.78 Å². The molecule has 0 unspecified atom stereocenters. The summed E-state index contributed by atoms with van der Waals surface area (Å²) in [7, 11) is 2.83. The predicted octanol–water partition coefficient (Wildman–Crippen LogP) is -0.393. The molecule has 0 fully saturated rings. The van der Waals surface area contributed by atoms with Crippen molar-refractivity contribution in [2.75, 3.05) is 32.1 Å². The Balaban J connectivity index is 2.01. The third kappa shape index (κ3) is 3.04. The normalized spacial score (nSPS) is 14.3. The van der Waals surface area contributed by atoms with Crippen molar-refractivity contribution in [1.29, 1.82) is 0 Å². The van der Waals surface area contributed by atoms with Crippen LogP contribution in [0.5, 0.6) is 0 Å². The summed E-state index contributed by atoms with van der Waals surface area (Å²) in [6, 6.07) is 4.90. The lowest BCUT2D eigenvalue weighted by molar-refractivity contribution is -0.136. The van der Waals surface area contributed by atoms with Crippen molar-refractivity contribution in [3.05, 3.63) is 46.2 Å². The highest BCUT2D eigenvalue weighted by molar-refractivity contribution is 6.08. The van der Waals surface area contributed by atoms with Crippen LogP contribution in [0.3, 0.4) is 0 Å². The van der Waals surface area contributed by atoms with E-state index in [-0.39, 0.29) is 36.5 Å². The molecule has 1 aliphatic rings. The number of aliphatic hydroxyl groups is 1. The smallest absolute Gasteiger partial charge is 0.337 e. The first-order valence-electron chi connectivity index (χ1n) is 7.90. The number of benzene rings is 1. The first-order chi connectivity index (χ1) is 12.5. The van der Waals surface area contributed by atoms with Gasteiger partial charge in [0, 0.05) is 19.3 Å². The fraction of sp³-hybridized carbons (Fsp3) is 0.294. The van der Waals surface area contributed by atoms with Crippen molar-refractivity contribution in [3.8, 4) is 0 Å². The molecule has 26 heavy (non-hydrogen) atoms. The molecule has 2 heterocycles. The Morgan fingerprint density at radius 3 is 2.85 bits per heavy atom. The van der Waals surface area contributed by atoms with Crippen molar-refractivity contribution in [2.45, 2.75) is 0 Å². The average molecular weight is 358 g/mol. The van der Waals surface area contributed by atoms with Gasteiger partial charge in [0.1, 0.15) is 5.70 Å². The zero-order valence-corrected chi connectivity index (χ0v) is 14.4. The summed E-state index contributed by atoms with van der Waals surface area (Å²) in [5.74, 6) is -1.04. The molecular formula is C17H18N4O5. The number of ether oxygens (including phenoxy) is 1. The quantitative estimate of drug-likeness (QED) is 0.700.